The van der Waals surface area contributed by atoms with E-state index in [1.165, 1.54) is 25.7 Å². The van der Waals surface area contributed by atoms with Crippen molar-refractivity contribution in [3.8, 4) is 17.1 Å². The summed E-state index contributed by atoms with van der Waals surface area (Å²) in [6.07, 6.45) is 5.15. The Kier molecular flexibility index (Phi) is 3.54. The van der Waals surface area contributed by atoms with Gasteiger partial charge in [-0.2, -0.15) is 0 Å². The Morgan fingerprint density at radius 1 is 1.30 bits per heavy atom. The highest BCUT2D eigenvalue weighted by atomic mass is 16.5. The summed E-state index contributed by atoms with van der Waals surface area (Å²) in [4.78, 5) is 0. The van der Waals surface area contributed by atoms with E-state index in [1.807, 2.05) is 16.8 Å². The van der Waals surface area contributed by atoms with Crippen LogP contribution >= 0.6 is 0 Å². The summed E-state index contributed by atoms with van der Waals surface area (Å²) in [5, 5.41) is 12.1. The highest BCUT2D eigenvalue weighted by Gasteiger charge is 2.19. The lowest BCUT2D eigenvalue weighted by Gasteiger charge is -2.11. The number of rotatable bonds is 4. The third-order valence-corrected chi connectivity index (χ3v) is 3.86. The van der Waals surface area contributed by atoms with Crippen molar-refractivity contribution in [3.05, 3.63) is 18.2 Å². The second kappa shape index (κ2) is 5.48. The third-order valence-electron chi connectivity index (χ3n) is 3.86. The normalized spacial score (nSPS) is 15.7. The summed E-state index contributed by atoms with van der Waals surface area (Å²) in [6, 6.07) is 5.57. The third kappa shape index (κ3) is 2.59. The number of ether oxygens (including phenoxy) is 1. The van der Waals surface area contributed by atoms with E-state index in [0.717, 1.165) is 23.7 Å². The van der Waals surface area contributed by atoms with E-state index in [4.69, 9.17) is 10.5 Å². The maximum Gasteiger partial charge on any atom is 0.182 e. The Morgan fingerprint density at radius 3 is 2.85 bits per heavy atom. The molecule has 1 fully saturated rings. The SMILES string of the molecule is COc1cc(N)cc(-c2nnnn2CC2CCCC2)c1. The second-order valence-electron chi connectivity index (χ2n) is 5.33. The molecule has 1 aliphatic carbocycles. The lowest BCUT2D eigenvalue weighted by molar-refractivity contribution is 0.414. The van der Waals surface area contributed by atoms with Gasteiger partial charge in [-0.3, -0.25) is 0 Å². The van der Waals surface area contributed by atoms with Crippen LogP contribution in [0.4, 0.5) is 5.69 Å². The summed E-state index contributed by atoms with van der Waals surface area (Å²) >= 11 is 0. The zero-order chi connectivity index (χ0) is 13.9. The van der Waals surface area contributed by atoms with Crippen molar-refractivity contribution in [1.82, 2.24) is 20.2 Å². The lowest BCUT2D eigenvalue weighted by atomic mass is 10.1. The number of benzene rings is 1. The molecule has 1 saturated carbocycles. The molecular weight excluding hydrogens is 254 g/mol. The summed E-state index contributed by atoms with van der Waals surface area (Å²) in [5.74, 6) is 2.15. The van der Waals surface area contributed by atoms with Gasteiger partial charge >= 0.3 is 0 Å². The molecule has 2 N–H and O–H groups in total. The number of aromatic nitrogens is 4. The largest absolute Gasteiger partial charge is 0.497 e. The molecule has 1 aliphatic rings. The minimum Gasteiger partial charge on any atom is -0.497 e. The van der Waals surface area contributed by atoms with Gasteiger partial charge in [0.15, 0.2) is 5.82 Å². The Labute approximate surface area is 117 Å². The number of hydrogen-bond acceptors (Lipinski definition) is 5. The number of nitrogens with two attached hydrogens (primary N) is 1. The number of hydrogen-bond donors (Lipinski definition) is 1. The average molecular weight is 273 g/mol. The Bertz CT molecular complexity index is 589. The van der Waals surface area contributed by atoms with Gasteiger partial charge in [-0.05, 0) is 41.3 Å². The number of anilines is 1. The van der Waals surface area contributed by atoms with Gasteiger partial charge in [-0.1, -0.05) is 12.8 Å². The smallest absolute Gasteiger partial charge is 0.182 e. The van der Waals surface area contributed by atoms with E-state index in [1.54, 1.807) is 13.2 Å². The van der Waals surface area contributed by atoms with Crippen LogP contribution in [0.1, 0.15) is 25.7 Å². The monoisotopic (exact) mass is 273 g/mol. The molecule has 1 aromatic heterocycles. The van der Waals surface area contributed by atoms with Crippen molar-refractivity contribution in [2.45, 2.75) is 32.2 Å². The van der Waals surface area contributed by atoms with Crippen molar-refractivity contribution in [2.75, 3.05) is 12.8 Å². The maximum atomic E-state index is 5.90. The van der Waals surface area contributed by atoms with Crippen LogP contribution in [0, 0.1) is 5.92 Å². The van der Waals surface area contributed by atoms with Crippen molar-refractivity contribution >= 4 is 5.69 Å². The fraction of sp³-hybridized carbons (Fsp3) is 0.500. The zero-order valence-electron chi connectivity index (χ0n) is 11.6. The molecule has 0 atom stereocenters. The fourth-order valence-electron chi connectivity index (χ4n) is 2.84. The van der Waals surface area contributed by atoms with Gasteiger partial charge in [0.2, 0.25) is 0 Å². The number of nitrogen functional groups attached to an aromatic ring is 1. The second-order valence-corrected chi connectivity index (χ2v) is 5.33. The van der Waals surface area contributed by atoms with Gasteiger partial charge in [-0.15, -0.1) is 5.10 Å². The molecule has 0 saturated heterocycles. The van der Waals surface area contributed by atoms with Crippen LogP contribution in [0.15, 0.2) is 18.2 Å². The van der Waals surface area contributed by atoms with E-state index in [-0.39, 0.29) is 0 Å². The van der Waals surface area contributed by atoms with Crippen molar-refractivity contribution in [1.29, 1.82) is 0 Å². The lowest BCUT2D eigenvalue weighted by Crippen LogP contribution is -2.10. The predicted molar refractivity (Wildman–Crippen MR) is 76.2 cm³/mol. The van der Waals surface area contributed by atoms with E-state index in [2.05, 4.69) is 15.5 Å². The number of tetrazole rings is 1. The first-order valence-corrected chi connectivity index (χ1v) is 6.97. The Hall–Kier alpha value is -2.11. The van der Waals surface area contributed by atoms with Gasteiger partial charge in [0, 0.05) is 23.9 Å². The first-order chi connectivity index (χ1) is 9.76. The molecule has 6 heteroatoms. The highest BCUT2D eigenvalue weighted by molar-refractivity contribution is 5.64. The molecule has 3 rings (SSSR count). The average Bonchev–Trinajstić information content (AvgIpc) is 3.10. The van der Waals surface area contributed by atoms with E-state index >= 15 is 0 Å². The molecule has 6 nitrogen and oxygen atoms in total. The first kappa shape index (κ1) is 12.9. The van der Waals surface area contributed by atoms with Crippen LogP contribution < -0.4 is 10.5 Å². The molecule has 0 radical (unpaired) electrons. The molecule has 1 aromatic carbocycles. The van der Waals surface area contributed by atoms with Gasteiger partial charge < -0.3 is 10.5 Å². The number of nitrogens with zero attached hydrogens (tertiary/aromatic N) is 4. The maximum absolute atomic E-state index is 5.90. The summed E-state index contributed by atoms with van der Waals surface area (Å²) in [5.41, 5.74) is 7.44. The summed E-state index contributed by atoms with van der Waals surface area (Å²) in [7, 11) is 1.63. The zero-order valence-corrected chi connectivity index (χ0v) is 11.6. The molecule has 20 heavy (non-hydrogen) atoms. The predicted octanol–water partition coefficient (Wildman–Crippen LogP) is 2.12. The van der Waals surface area contributed by atoms with Gasteiger partial charge in [-0.25, -0.2) is 4.68 Å². The van der Waals surface area contributed by atoms with Crippen molar-refractivity contribution < 1.29 is 4.74 Å². The van der Waals surface area contributed by atoms with Crippen molar-refractivity contribution in [2.24, 2.45) is 5.92 Å². The molecule has 0 unspecified atom stereocenters. The minimum absolute atomic E-state index is 0.648. The Balaban J connectivity index is 1.90. The van der Waals surface area contributed by atoms with Crippen LogP contribution in [-0.2, 0) is 6.54 Å². The van der Waals surface area contributed by atoms with Crippen LogP contribution in [0.3, 0.4) is 0 Å². The molecule has 2 aromatic rings. The molecule has 0 bridgehead atoms. The molecule has 1 heterocycles. The summed E-state index contributed by atoms with van der Waals surface area (Å²) < 4.78 is 7.13. The first-order valence-electron chi connectivity index (χ1n) is 6.97. The fourth-order valence-corrected chi connectivity index (χ4v) is 2.84. The van der Waals surface area contributed by atoms with Crippen LogP contribution in [0.25, 0.3) is 11.4 Å². The quantitative estimate of drug-likeness (QED) is 0.863. The van der Waals surface area contributed by atoms with Crippen LogP contribution in [0.2, 0.25) is 0 Å². The molecule has 0 spiro atoms. The number of methoxy groups -OCH3 is 1. The van der Waals surface area contributed by atoms with E-state index in [9.17, 15) is 0 Å². The van der Waals surface area contributed by atoms with E-state index in [0.29, 0.717) is 11.6 Å². The Morgan fingerprint density at radius 2 is 2.10 bits per heavy atom. The van der Waals surface area contributed by atoms with Crippen LogP contribution in [0.5, 0.6) is 5.75 Å². The van der Waals surface area contributed by atoms with Crippen molar-refractivity contribution in [3.63, 3.8) is 0 Å². The van der Waals surface area contributed by atoms with Gasteiger partial charge in [0.25, 0.3) is 0 Å². The van der Waals surface area contributed by atoms with Gasteiger partial charge in [0.1, 0.15) is 5.75 Å². The highest BCUT2D eigenvalue weighted by Crippen LogP contribution is 2.29. The molecule has 106 valence electrons. The van der Waals surface area contributed by atoms with E-state index < -0.39 is 0 Å². The minimum atomic E-state index is 0.648. The molecule has 0 aliphatic heterocycles. The van der Waals surface area contributed by atoms with Gasteiger partial charge in [0.05, 0.1) is 7.11 Å². The summed E-state index contributed by atoms with van der Waals surface area (Å²) in [6.45, 7) is 0.874. The van der Waals surface area contributed by atoms with Crippen LogP contribution in [-0.4, -0.2) is 27.3 Å². The standard InChI is InChI=1S/C14H19N5O/c1-20-13-7-11(6-12(15)8-13)14-16-17-18-19(14)9-10-4-2-3-5-10/h6-8,10H,2-5,9,15H2,1H3. The topological polar surface area (TPSA) is 78.8 Å². The molecule has 0 amide bonds. The molecular formula is C14H19N5O.